The standard InChI is InChI=1S/C46H52N8O9/c1-25(60-2)38(51-45(57)58)43(55)53-16-4-6-36(53)41-47-22-34(49-41)28-10-12-32-27(20-28)8-13-33-31-11-9-29(21-30(31)24-63-40(32)33)35-23-48-42(50-35)37-7-5-17-54(37)44(56)39(52-46(59)61-3)26-14-18-62-19-15-26/h8-13,20-23,25-26,36-39,51H,4-7,14-19,24H2,1-3H3,(H,47,49)(H,48,50)(H,52,59)(H,57,58)/t25-,36+,37+,38+,39+/m1/s1. The van der Waals surface area contributed by atoms with Gasteiger partial charge >= 0.3 is 12.2 Å². The van der Waals surface area contributed by atoms with Gasteiger partial charge in [0, 0.05) is 49.9 Å². The first kappa shape index (κ1) is 41.9. The number of alkyl carbamates (subject to hydrolysis) is 1. The van der Waals surface area contributed by atoms with Crippen molar-refractivity contribution in [3.63, 3.8) is 0 Å². The molecule has 4 aliphatic heterocycles. The summed E-state index contributed by atoms with van der Waals surface area (Å²) in [6, 6.07) is 14.4. The van der Waals surface area contributed by atoms with Crippen molar-refractivity contribution in [1.82, 2.24) is 40.4 Å². The first-order valence-electron chi connectivity index (χ1n) is 21.6. The number of likely N-dealkylation sites (tertiary alicyclic amines) is 2. The third-order valence-electron chi connectivity index (χ3n) is 13.1. The highest BCUT2D eigenvalue weighted by atomic mass is 16.5. The molecule has 6 heterocycles. The Hall–Kier alpha value is -6.46. The molecule has 4 aliphatic rings. The fraction of sp³-hybridized carbons (Fsp3) is 0.435. The molecule has 17 nitrogen and oxygen atoms in total. The molecule has 0 spiro atoms. The van der Waals surface area contributed by atoms with Crippen LogP contribution in [0.1, 0.15) is 74.7 Å². The molecule has 0 aliphatic carbocycles. The number of hydrogen-bond acceptors (Lipinski definition) is 10. The number of methoxy groups -OCH3 is 2. The molecule has 3 fully saturated rings. The van der Waals surface area contributed by atoms with Crippen LogP contribution in [0.5, 0.6) is 5.75 Å². The lowest BCUT2D eigenvalue weighted by Gasteiger charge is -2.34. The number of fused-ring (bicyclic) bond motifs is 5. The molecule has 0 unspecified atom stereocenters. The minimum atomic E-state index is -1.29. The maximum Gasteiger partial charge on any atom is 0.407 e. The second kappa shape index (κ2) is 17.7. The summed E-state index contributed by atoms with van der Waals surface area (Å²) in [6.45, 7) is 4.22. The van der Waals surface area contributed by atoms with E-state index in [1.807, 2.05) is 17.2 Å². The van der Waals surface area contributed by atoms with Gasteiger partial charge in [-0.1, -0.05) is 30.3 Å². The van der Waals surface area contributed by atoms with E-state index in [-0.39, 0.29) is 29.8 Å². The van der Waals surface area contributed by atoms with E-state index >= 15 is 0 Å². The van der Waals surface area contributed by atoms with Crippen LogP contribution >= 0.6 is 0 Å². The Kier molecular flexibility index (Phi) is 11.8. The normalized spacial score (nSPS) is 20.0. The number of nitrogens with one attached hydrogen (secondary N) is 4. The zero-order valence-corrected chi connectivity index (χ0v) is 35.5. The van der Waals surface area contributed by atoms with Crippen LogP contribution in [0.25, 0.3) is 44.4 Å². The number of amides is 4. The summed E-state index contributed by atoms with van der Waals surface area (Å²) in [7, 11) is 2.75. The number of aromatic amines is 2. The van der Waals surface area contributed by atoms with Crippen LogP contribution in [0.4, 0.5) is 9.59 Å². The summed E-state index contributed by atoms with van der Waals surface area (Å²) in [6.07, 6.45) is 5.45. The lowest BCUT2D eigenvalue weighted by Crippen LogP contribution is -2.53. The Morgan fingerprint density at radius 2 is 1.44 bits per heavy atom. The number of carbonyl (C=O) groups excluding carboxylic acids is 3. The van der Waals surface area contributed by atoms with E-state index in [1.54, 1.807) is 18.0 Å². The summed E-state index contributed by atoms with van der Waals surface area (Å²) in [5, 5.41) is 16.5. The lowest BCUT2D eigenvalue weighted by molar-refractivity contribution is -0.138. The molecule has 5 aromatic rings. The molecule has 330 valence electrons. The second-order valence-corrected chi connectivity index (χ2v) is 16.7. The van der Waals surface area contributed by atoms with Crippen LogP contribution in [0.2, 0.25) is 0 Å². The van der Waals surface area contributed by atoms with Gasteiger partial charge in [-0.15, -0.1) is 0 Å². The van der Waals surface area contributed by atoms with Crippen molar-refractivity contribution < 1.29 is 43.2 Å². The highest BCUT2D eigenvalue weighted by molar-refractivity contribution is 5.98. The maximum absolute atomic E-state index is 14.0. The Balaban J connectivity index is 0.908. The zero-order valence-electron chi connectivity index (χ0n) is 35.5. The Bertz CT molecular complexity index is 2530. The second-order valence-electron chi connectivity index (χ2n) is 16.7. The third kappa shape index (κ3) is 8.18. The molecule has 5 atom stereocenters. The number of carbonyl (C=O) groups is 4. The molecular formula is C46H52N8O9. The van der Waals surface area contributed by atoms with E-state index in [0.29, 0.717) is 63.8 Å². The zero-order chi connectivity index (χ0) is 43.8. The van der Waals surface area contributed by atoms with Gasteiger partial charge in [-0.2, -0.15) is 0 Å². The highest BCUT2D eigenvalue weighted by Gasteiger charge is 2.41. The van der Waals surface area contributed by atoms with Crippen molar-refractivity contribution in [1.29, 1.82) is 0 Å². The molecular weight excluding hydrogens is 809 g/mol. The van der Waals surface area contributed by atoms with Gasteiger partial charge in [-0.3, -0.25) is 9.59 Å². The largest absolute Gasteiger partial charge is 0.488 e. The molecule has 0 bridgehead atoms. The molecule has 3 aromatic carbocycles. The van der Waals surface area contributed by atoms with E-state index in [2.05, 4.69) is 68.1 Å². The number of H-pyrrole nitrogens is 2. The molecule has 63 heavy (non-hydrogen) atoms. The van der Waals surface area contributed by atoms with Crippen LogP contribution in [0, 0.1) is 5.92 Å². The van der Waals surface area contributed by atoms with Crippen molar-refractivity contribution in [3.8, 4) is 39.4 Å². The smallest absolute Gasteiger partial charge is 0.407 e. The molecule has 2 aromatic heterocycles. The van der Waals surface area contributed by atoms with E-state index < -0.39 is 30.4 Å². The number of aromatic nitrogens is 4. The average molecular weight is 861 g/mol. The van der Waals surface area contributed by atoms with Gasteiger partial charge < -0.3 is 54.5 Å². The van der Waals surface area contributed by atoms with Crippen molar-refractivity contribution in [2.75, 3.05) is 40.5 Å². The van der Waals surface area contributed by atoms with Crippen LogP contribution in [0.3, 0.4) is 0 Å². The van der Waals surface area contributed by atoms with Crippen LogP contribution in [-0.4, -0.2) is 118 Å². The van der Waals surface area contributed by atoms with E-state index in [4.69, 9.17) is 23.9 Å². The third-order valence-corrected chi connectivity index (χ3v) is 13.1. The number of nitrogens with zero attached hydrogens (tertiary/aromatic N) is 4. The maximum atomic E-state index is 14.0. The molecule has 4 amide bonds. The van der Waals surface area contributed by atoms with Crippen molar-refractivity contribution in [2.24, 2.45) is 5.92 Å². The van der Waals surface area contributed by atoms with Gasteiger partial charge in [0.25, 0.3) is 0 Å². The summed E-state index contributed by atoms with van der Waals surface area (Å²) >= 11 is 0. The van der Waals surface area contributed by atoms with Gasteiger partial charge in [-0.05, 0) is 91.6 Å². The van der Waals surface area contributed by atoms with Crippen LogP contribution in [-0.2, 0) is 30.4 Å². The number of ether oxygens (including phenoxy) is 4. The Labute approximate surface area is 363 Å². The summed E-state index contributed by atoms with van der Waals surface area (Å²) in [5.74, 6) is 1.66. The Morgan fingerprint density at radius 3 is 2.10 bits per heavy atom. The number of carboxylic acid groups (broad SMARTS) is 1. The molecule has 0 saturated carbocycles. The molecule has 5 N–H and O–H groups in total. The number of benzene rings is 3. The molecule has 0 radical (unpaired) electrons. The predicted molar refractivity (Wildman–Crippen MR) is 231 cm³/mol. The number of hydrogen-bond donors (Lipinski definition) is 5. The van der Waals surface area contributed by atoms with E-state index in [0.717, 1.165) is 75.0 Å². The summed E-state index contributed by atoms with van der Waals surface area (Å²) < 4.78 is 22.2. The fourth-order valence-electron chi connectivity index (χ4n) is 9.69. The van der Waals surface area contributed by atoms with E-state index in [1.165, 1.54) is 14.2 Å². The molecule has 17 heteroatoms. The average Bonchev–Trinajstić information content (AvgIpc) is 4.16. The first-order chi connectivity index (χ1) is 30.6. The minimum absolute atomic E-state index is 0.0413. The van der Waals surface area contributed by atoms with Gasteiger partial charge in [-0.25, -0.2) is 19.6 Å². The first-order valence-corrected chi connectivity index (χ1v) is 21.6. The molecule has 3 saturated heterocycles. The van der Waals surface area contributed by atoms with Gasteiger partial charge in [0.1, 0.15) is 36.1 Å². The van der Waals surface area contributed by atoms with Crippen molar-refractivity contribution >= 4 is 34.8 Å². The van der Waals surface area contributed by atoms with Gasteiger partial charge in [0.05, 0.1) is 49.1 Å². The highest BCUT2D eigenvalue weighted by Crippen LogP contribution is 2.44. The van der Waals surface area contributed by atoms with Gasteiger partial charge in [0.2, 0.25) is 11.8 Å². The quantitative estimate of drug-likeness (QED) is 0.0990. The predicted octanol–water partition coefficient (Wildman–Crippen LogP) is 6.33. The Morgan fingerprint density at radius 1 is 0.810 bits per heavy atom. The number of rotatable bonds is 11. The van der Waals surface area contributed by atoms with Crippen molar-refractivity contribution in [3.05, 3.63) is 78.1 Å². The fourth-order valence-corrected chi connectivity index (χ4v) is 9.69. The lowest BCUT2D eigenvalue weighted by atomic mass is 9.90. The van der Waals surface area contributed by atoms with Crippen molar-refractivity contribution in [2.45, 2.75) is 82.3 Å². The SMILES string of the molecule is COC(=O)N[C@H](C(=O)N1CCC[C@H]1c1ncc(-c2ccc3c(c2)COc2c-3ccc3cc(-c4cnc([C@@H]5CCCN5C(=O)[C@@H](NC(=O)O)[C@@H](C)OC)[nH]4)ccc23)[nH]1)C1CCOCC1. The minimum Gasteiger partial charge on any atom is -0.488 e. The summed E-state index contributed by atoms with van der Waals surface area (Å²) in [5.41, 5.74) is 6.66. The number of imidazole rings is 2. The van der Waals surface area contributed by atoms with Crippen LogP contribution < -0.4 is 15.4 Å². The topological polar surface area (TPSA) is 213 Å². The van der Waals surface area contributed by atoms with Crippen LogP contribution in [0.15, 0.2) is 60.9 Å². The van der Waals surface area contributed by atoms with E-state index in [9.17, 15) is 24.3 Å². The monoisotopic (exact) mass is 860 g/mol. The van der Waals surface area contributed by atoms with Gasteiger partial charge in [0.15, 0.2) is 0 Å². The molecule has 9 rings (SSSR count). The summed E-state index contributed by atoms with van der Waals surface area (Å²) in [4.78, 5) is 71.3.